The number of hydrogen-bond acceptors (Lipinski definition) is 4. The number of benzene rings is 1. The number of ketones is 1. The van der Waals surface area contributed by atoms with E-state index in [1.165, 1.54) is 0 Å². The topological polar surface area (TPSA) is 85.9 Å². The average Bonchev–Trinajstić information content (AvgIpc) is 2.91. The third-order valence-corrected chi connectivity index (χ3v) is 4.33. The highest BCUT2D eigenvalue weighted by Crippen LogP contribution is 2.28. The van der Waals surface area contributed by atoms with Crippen LogP contribution in [0.1, 0.15) is 47.1 Å². The lowest BCUT2D eigenvalue weighted by molar-refractivity contribution is -0.304. The number of pyridine rings is 1. The number of nitrogens with one attached hydrogen (secondary N) is 1. The van der Waals surface area contributed by atoms with E-state index >= 15 is 0 Å². The second kappa shape index (κ2) is 6.69. The van der Waals surface area contributed by atoms with Gasteiger partial charge in [-0.3, -0.25) is 9.78 Å². The van der Waals surface area contributed by atoms with E-state index in [-0.39, 0.29) is 29.5 Å². The van der Waals surface area contributed by atoms with Crippen molar-refractivity contribution in [3.8, 4) is 0 Å². The highest BCUT2D eigenvalue weighted by atomic mass is 35.5. The molecule has 3 rings (SSSR count). The lowest BCUT2D eigenvalue weighted by atomic mass is 10.00. The van der Waals surface area contributed by atoms with Gasteiger partial charge in [-0.15, -0.1) is 0 Å². The zero-order valence-corrected chi connectivity index (χ0v) is 14.6. The molecule has 0 saturated heterocycles. The molecule has 0 aliphatic rings. The Balaban J connectivity index is 2.15. The number of carboxylic acids is 1. The van der Waals surface area contributed by atoms with E-state index in [1.54, 1.807) is 30.5 Å². The fourth-order valence-corrected chi connectivity index (χ4v) is 2.97. The van der Waals surface area contributed by atoms with Crippen molar-refractivity contribution < 1.29 is 14.7 Å². The Morgan fingerprint density at radius 2 is 2.00 bits per heavy atom. The summed E-state index contributed by atoms with van der Waals surface area (Å²) in [6.45, 7) is 4.05. The maximum Gasteiger partial charge on any atom is 0.227 e. The number of halogens is 1. The van der Waals surface area contributed by atoms with Gasteiger partial charge >= 0.3 is 0 Å². The number of carbonyl (C=O) groups excluding carboxylic acids is 2. The molecule has 0 aliphatic heterocycles. The summed E-state index contributed by atoms with van der Waals surface area (Å²) in [4.78, 5) is 31.3. The third kappa shape index (κ3) is 3.42. The number of fused-ring (bicyclic) bond motifs is 1. The molecule has 2 heterocycles. The van der Waals surface area contributed by atoms with Gasteiger partial charge in [-0.1, -0.05) is 25.4 Å². The number of aromatic amines is 1. The molecule has 0 saturated carbocycles. The van der Waals surface area contributed by atoms with Crippen molar-refractivity contribution in [1.29, 1.82) is 0 Å². The van der Waals surface area contributed by atoms with Gasteiger partial charge in [-0.2, -0.15) is 0 Å². The zero-order chi connectivity index (χ0) is 18.1. The van der Waals surface area contributed by atoms with E-state index in [1.807, 2.05) is 19.9 Å². The van der Waals surface area contributed by atoms with Crippen LogP contribution >= 0.6 is 11.6 Å². The van der Waals surface area contributed by atoms with Gasteiger partial charge in [0.05, 0.1) is 5.69 Å². The fraction of sp³-hybridized carbons (Fsp3) is 0.211. The van der Waals surface area contributed by atoms with E-state index < -0.39 is 5.97 Å². The molecule has 128 valence electrons. The van der Waals surface area contributed by atoms with Crippen LogP contribution in [0.3, 0.4) is 0 Å². The molecule has 25 heavy (non-hydrogen) atoms. The molecule has 2 aromatic heterocycles. The molecule has 0 atom stereocenters. The Hall–Kier alpha value is -2.66. The lowest BCUT2D eigenvalue weighted by Crippen LogP contribution is -2.25. The molecule has 6 heteroatoms. The molecule has 0 spiro atoms. The standard InChI is InChI=1S/C19H17ClN2O3/c1-10(2)11-5-6-21-16(7-11)19(25)18-14(9-17(23)24)13-8-12(20)3-4-15(13)22-18/h3-8,10,22H,9H2,1-2H3,(H,23,24)/p-1. The second-order valence-electron chi connectivity index (χ2n) is 6.18. The normalized spacial score (nSPS) is 11.2. The van der Waals surface area contributed by atoms with Crippen molar-refractivity contribution in [1.82, 2.24) is 9.97 Å². The molecular formula is C19H16ClN2O3-. The van der Waals surface area contributed by atoms with Crippen LogP contribution in [0.4, 0.5) is 0 Å². The van der Waals surface area contributed by atoms with E-state index in [4.69, 9.17) is 11.6 Å². The van der Waals surface area contributed by atoms with Crippen LogP contribution in [-0.2, 0) is 11.2 Å². The maximum absolute atomic E-state index is 12.9. The smallest absolute Gasteiger partial charge is 0.227 e. The Morgan fingerprint density at radius 1 is 1.24 bits per heavy atom. The highest BCUT2D eigenvalue weighted by Gasteiger charge is 2.21. The molecule has 0 bridgehead atoms. The van der Waals surface area contributed by atoms with E-state index in [0.29, 0.717) is 21.5 Å². The highest BCUT2D eigenvalue weighted by molar-refractivity contribution is 6.31. The summed E-state index contributed by atoms with van der Waals surface area (Å²) in [5.74, 6) is -1.37. The molecule has 0 radical (unpaired) electrons. The van der Waals surface area contributed by atoms with E-state index in [0.717, 1.165) is 5.56 Å². The number of rotatable bonds is 5. The molecule has 0 fully saturated rings. The average molecular weight is 356 g/mol. The number of carbonyl (C=O) groups is 2. The van der Waals surface area contributed by atoms with Gasteiger partial charge < -0.3 is 14.9 Å². The molecular weight excluding hydrogens is 340 g/mol. The number of hydrogen-bond donors (Lipinski definition) is 1. The third-order valence-electron chi connectivity index (χ3n) is 4.10. The number of aromatic nitrogens is 2. The predicted molar refractivity (Wildman–Crippen MR) is 93.8 cm³/mol. The van der Waals surface area contributed by atoms with Crippen LogP contribution in [0, 0.1) is 0 Å². The predicted octanol–water partition coefficient (Wildman–Crippen LogP) is 2.86. The van der Waals surface area contributed by atoms with Gasteiger partial charge in [-0.25, -0.2) is 0 Å². The van der Waals surface area contributed by atoms with Gasteiger partial charge in [0.25, 0.3) is 0 Å². The Kier molecular flexibility index (Phi) is 4.59. The van der Waals surface area contributed by atoms with Gasteiger partial charge in [0.1, 0.15) is 5.69 Å². The van der Waals surface area contributed by atoms with Crippen molar-refractivity contribution >= 4 is 34.3 Å². The van der Waals surface area contributed by atoms with Crippen LogP contribution in [-0.4, -0.2) is 21.7 Å². The summed E-state index contributed by atoms with van der Waals surface area (Å²) in [6.07, 6.45) is 1.20. The molecule has 1 N–H and O–H groups in total. The summed E-state index contributed by atoms with van der Waals surface area (Å²) in [7, 11) is 0. The largest absolute Gasteiger partial charge is 0.550 e. The minimum atomic E-state index is -1.26. The van der Waals surface area contributed by atoms with Gasteiger partial charge in [-0.05, 0) is 47.4 Å². The fourth-order valence-electron chi connectivity index (χ4n) is 2.80. The molecule has 5 nitrogen and oxygen atoms in total. The first-order chi connectivity index (χ1) is 11.9. The zero-order valence-electron chi connectivity index (χ0n) is 13.8. The number of carboxylic acid groups (broad SMARTS) is 1. The van der Waals surface area contributed by atoms with Gasteiger partial charge in [0.15, 0.2) is 0 Å². The maximum atomic E-state index is 12.9. The summed E-state index contributed by atoms with van der Waals surface area (Å²) in [6, 6.07) is 8.61. The SMILES string of the molecule is CC(C)c1ccnc(C(=O)c2[nH]c3ccc(Cl)cc3c2CC(=O)[O-])c1. The first-order valence-electron chi connectivity index (χ1n) is 7.87. The molecule has 0 amide bonds. The molecule has 3 aromatic rings. The monoisotopic (exact) mass is 355 g/mol. The van der Waals surface area contributed by atoms with Crippen LogP contribution in [0.15, 0.2) is 36.5 Å². The summed E-state index contributed by atoms with van der Waals surface area (Å²) >= 11 is 6.01. The van der Waals surface area contributed by atoms with Crippen LogP contribution in [0.5, 0.6) is 0 Å². The minimum absolute atomic E-state index is 0.204. The van der Waals surface area contributed by atoms with Crippen molar-refractivity contribution in [2.45, 2.75) is 26.2 Å². The van der Waals surface area contributed by atoms with Crippen molar-refractivity contribution in [3.63, 3.8) is 0 Å². The van der Waals surface area contributed by atoms with Crippen LogP contribution < -0.4 is 5.11 Å². The number of nitrogens with zero attached hydrogens (tertiary/aromatic N) is 1. The summed E-state index contributed by atoms with van der Waals surface area (Å²) in [5.41, 5.74) is 2.46. The molecule has 1 aromatic carbocycles. The lowest BCUT2D eigenvalue weighted by Gasteiger charge is -2.08. The molecule has 0 aliphatic carbocycles. The van der Waals surface area contributed by atoms with Crippen molar-refractivity contribution in [2.24, 2.45) is 0 Å². The van der Waals surface area contributed by atoms with Crippen molar-refractivity contribution in [2.75, 3.05) is 0 Å². The number of H-pyrrole nitrogens is 1. The molecule has 0 unspecified atom stereocenters. The van der Waals surface area contributed by atoms with Gasteiger partial charge in [0.2, 0.25) is 5.78 Å². The number of aliphatic carboxylic acids is 1. The Bertz CT molecular complexity index is 976. The summed E-state index contributed by atoms with van der Waals surface area (Å²) < 4.78 is 0. The second-order valence-corrected chi connectivity index (χ2v) is 6.61. The van der Waals surface area contributed by atoms with Crippen molar-refractivity contribution in [3.05, 3.63) is 64.1 Å². The Labute approximate surface area is 149 Å². The first-order valence-corrected chi connectivity index (χ1v) is 8.25. The van der Waals surface area contributed by atoms with E-state index in [2.05, 4.69) is 9.97 Å². The van der Waals surface area contributed by atoms with Crippen LogP contribution in [0.2, 0.25) is 5.02 Å². The van der Waals surface area contributed by atoms with Gasteiger partial charge in [0, 0.05) is 34.5 Å². The minimum Gasteiger partial charge on any atom is -0.550 e. The first kappa shape index (κ1) is 17.2. The van der Waals surface area contributed by atoms with E-state index in [9.17, 15) is 14.7 Å². The van der Waals surface area contributed by atoms with Crippen LogP contribution in [0.25, 0.3) is 10.9 Å². The Morgan fingerprint density at radius 3 is 2.68 bits per heavy atom. The summed E-state index contributed by atoms with van der Waals surface area (Å²) in [5, 5.41) is 12.2. The quantitative estimate of drug-likeness (QED) is 0.713.